The van der Waals surface area contributed by atoms with Crippen molar-refractivity contribution < 1.29 is 22.9 Å². The molecule has 0 bridgehead atoms. The molecule has 0 aliphatic rings. The zero-order valence-corrected chi connectivity index (χ0v) is 18.4. The van der Waals surface area contributed by atoms with Gasteiger partial charge in [0.15, 0.2) is 0 Å². The van der Waals surface area contributed by atoms with Gasteiger partial charge in [-0.25, -0.2) is 5.43 Å². The fraction of sp³-hybridized carbons (Fsp3) is 0.120. The zero-order valence-electron chi connectivity index (χ0n) is 18.4. The monoisotopic (exact) mass is 480 g/mol. The molecule has 35 heavy (non-hydrogen) atoms. The molecular weight excluding hydrogens is 461 g/mol. The summed E-state index contributed by atoms with van der Waals surface area (Å²) in [6.45, 7) is 2.33. The Bertz CT molecular complexity index is 1440. The lowest BCUT2D eigenvalue weighted by Gasteiger charge is -2.09. The number of halogens is 3. The van der Waals surface area contributed by atoms with E-state index in [1.807, 2.05) is 35.8 Å². The van der Waals surface area contributed by atoms with Gasteiger partial charge in [0.1, 0.15) is 0 Å². The Hall–Kier alpha value is -4.47. The first-order valence-corrected chi connectivity index (χ1v) is 10.5. The molecule has 1 N–H and O–H groups in total. The maximum Gasteiger partial charge on any atom is 0.416 e. The number of alkyl halides is 3. The molecule has 178 valence electrons. The van der Waals surface area contributed by atoms with Crippen LogP contribution in [-0.4, -0.2) is 21.6 Å². The van der Waals surface area contributed by atoms with E-state index < -0.39 is 22.6 Å². The predicted octanol–water partition coefficient (Wildman–Crippen LogP) is 5.69. The highest BCUT2D eigenvalue weighted by molar-refractivity contribution is 6.02. The first-order valence-electron chi connectivity index (χ1n) is 10.5. The standard InChI is InChI=1S/C25H19F3N4O3/c1-16-22(14-29-30-24(33)18-5-4-6-19(13-18)25(26,27)28)21-7-2-3-8-23(21)31(16)15-17-9-11-20(12-10-17)32(34)35/h2-14H,15H2,1H3,(H,30,33)/b29-14+. The van der Waals surface area contributed by atoms with Crippen molar-refractivity contribution in [2.75, 3.05) is 0 Å². The second-order valence-corrected chi connectivity index (χ2v) is 7.80. The Kier molecular flexibility index (Phi) is 6.37. The molecule has 0 aliphatic heterocycles. The van der Waals surface area contributed by atoms with Gasteiger partial charge in [-0.2, -0.15) is 18.3 Å². The van der Waals surface area contributed by atoms with E-state index in [9.17, 15) is 28.1 Å². The number of hydrogen-bond donors (Lipinski definition) is 1. The summed E-state index contributed by atoms with van der Waals surface area (Å²) in [4.78, 5) is 22.8. The van der Waals surface area contributed by atoms with Crippen molar-refractivity contribution in [2.24, 2.45) is 5.10 Å². The van der Waals surface area contributed by atoms with Crippen LogP contribution < -0.4 is 5.43 Å². The topological polar surface area (TPSA) is 89.5 Å². The molecular formula is C25H19F3N4O3. The Morgan fingerprint density at radius 2 is 1.80 bits per heavy atom. The Balaban J connectivity index is 1.59. The first kappa shape index (κ1) is 23.7. The Morgan fingerprint density at radius 1 is 1.09 bits per heavy atom. The lowest BCUT2D eigenvalue weighted by atomic mass is 10.1. The number of rotatable bonds is 6. The second-order valence-electron chi connectivity index (χ2n) is 7.80. The van der Waals surface area contributed by atoms with Crippen molar-refractivity contribution in [3.63, 3.8) is 0 Å². The summed E-state index contributed by atoms with van der Waals surface area (Å²) in [6, 6.07) is 17.9. The van der Waals surface area contributed by atoms with Crippen molar-refractivity contribution in [1.29, 1.82) is 0 Å². The molecule has 0 atom stereocenters. The number of nitro groups is 1. The van der Waals surface area contributed by atoms with E-state index in [2.05, 4.69) is 10.5 Å². The lowest BCUT2D eigenvalue weighted by molar-refractivity contribution is -0.384. The molecule has 0 unspecified atom stereocenters. The van der Waals surface area contributed by atoms with Crippen molar-refractivity contribution in [3.05, 3.63) is 111 Å². The van der Waals surface area contributed by atoms with Crippen LogP contribution in [0.2, 0.25) is 0 Å². The first-order chi connectivity index (χ1) is 16.6. The van der Waals surface area contributed by atoms with Gasteiger partial charge in [0.25, 0.3) is 11.6 Å². The molecule has 4 rings (SSSR count). The van der Waals surface area contributed by atoms with Gasteiger partial charge in [0.2, 0.25) is 0 Å². The van der Waals surface area contributed by atoms with Crippen molar-refractivity contribution >= 4 is 28.7 Å². The number of hydrazone groups is 1. The number of fused-ring (bicyclic) bond motifs is 1. The van der Waals surface area contributed by atoms with Crippen LogP contribution in [0.5, 0.6) is 0 Å². The molecule has 0 aliphatic carbocycles. The SMILES string of the molecule is Cc1c(/C=N/NC(=O)c2cccc(C(F)(F)F)c2)c2ccccc2n1Cc1ccc([N+](=O)[O-])cc1. The van der Waals surface area contributed by atoms with E-state index in [1.54, 1.807) is 12.1 Å². The summed E-state index contributed by atoms with van der Waals surface area (Å²) in [7, 11) is 0. The summed E-state index contributed by atoms with van der Waals surface area (Å²) in [5.74, 6) is -0.764. The summed E-state index contributed by atoms with van der Waals surface area (Å²) < 4.78 is 40.8. The molecule has 0 spiro atoms. The van der Waals surface area contributed by atoms with Gasteiger partial charge in [-0.1, -0.05) is 36.4 Å². The van der Waals surface area contributed by atoms with Crippen LogP contribution in [0, 0.1) is 17.0 Å². The van der Waals surface area contributed by atoms with Crippen LogP contribution in [0.3, 0.4) is 0 Å². The number of aromatic nitrogens is 1. The molecule has 7 nitrogen and oxygen atoms in total. The quantitative estimate of drug-likeness (QED) is 0.218. The smallest absolute Gasteiger partial charge is 0.340 e. The van der Waals surface area contributed by atoms with E-state index in [1.165, 1.54) is 24.4 Å². The van der Waals surface area contributed by atoms with Crippen LogP contribution in [0.15, 0.2) is 77.9 Å². The van der Waals surface area contributed by atoms with Crippen LogP contribution in [-0.2, 0) is 12.7 Å². The fourth-order valence-electron chi connectivity index (χ4n) is 3.79. The van der Waals surface area contributed by atoms with E-state index >= 15 is 0 Å². The average Bonchev–Trinajstić information content (AvgIpc) is 3.10. The third kappa shape index (κ3) is 5.06. The Labute approximate surface area is 197 Å². The van der Waals surface area contributed by atoms with E-state index in [-0.39, 0.29) is 11.3 Å². The van der Waals surface area contributed by atoms with E-state index in [0.717, 1.165) is 45.9 Å². The molecule has 1 aromatic heterocycles. The molecule has 0 fully saturated rings. The summed E-state index contributed by atoms with van der Waals surface area (Å²) in [5.41, 5.74) is 4.54. The van der Waals surface area contributed by atoms with Crippen LogP contribution >= 0.6 is 0 Å². The van der Waals surface area contributed by atoms with Gasteiger partial charge in [-0.3, -0.25) is 14.9 Å². The minimum atomic E-state index is -4.55. The third-order valence-electron chi connectivity index (χ3n) is 5.58. The number of nitrogens with one attached hydrogen (secondary N) is 1. The number of carbonyl (C=O) groups is 1. The number of nitrogens with zero attached hydrogens (tertiary/aromatic N) is 3. The highest BCUT2D eigenvalue weighted by atomic mass is 19.4. The number of amides is 1. The maximum absolute atomic E-state index is 12.9. The van der Waals surface area contributed by atoms with Gasteiger partial charge in [-0.05, 0) is 36.8 Å². The number of para-hydroxylation sites is 1. The van der Waals surface area contributed by atoms with Crippen LogP contribution in [0.1, 0.15) is 32.7 Å². The van der Waals surface area contributed by atoms with Crippen LogP contribution in [0.25, 0.3) is 10.9 Å². The molecule has 0 saturated heterocycles. The normalized spacial score (nSPS) is 11.8. The van der Waals surface area contributed by atoms with Gasteiger partial charge >= 0.3 is 6.18 Å². The van der Waals surface area contributed by atoms with Gasteiger partial charge in [-0.15, -0.1) is 0 Å². The number of non-ortho nitro benzene ring substituents is 1. The summed E-state index contributed by atoms with van der Waals surface area (Å²) in [6.07, 6.45) is -3.10. The molecule has 0 radical (unpaired) electrons. The molecule has 1 amide bonds. The van der Waals surface area contributed by atoms with E-state index in [0.29, 0.717) is 6.54 Å². The maximum atomic E-state index is 12.9. The summed E-state index contributed by atoms with van der Waals surface area (Å²) in [5, 5.41) is 15.8. The Morgan fingerprint density at radius 3 is 2.49 bits per heavy atom. The minimum absolute atomic E-state index is 0.00664. The number of hydrogen-bond acceptors (Lipinski definition) is 4. The molecule has 0 saturated carbocycles. The van der Waals surface area contributed by atoms with E-state index in [4.69, 9.17) is 0 Å². The number of benzene rings is 3. The fourth-order valence-corrected chi connectivity index (χ4v) is 3.79. The second kappa shape index (κ2) is 9.41. The number of carbonyl (C=O) groups excluding carboxylic acids is 1. The number of nitro benzene ring substituents is 1. The van der Waals surface area contributed by atoms with Crippen molar-refractivity contribution in [2.45, 2.75) is 19.6 Å². The predicted molar refractivity (Wildman–Crippen MR) is 125 cm³/mol. The molecule has 3 aromatic carbocycles. The average molecular weight is 480 g/mol. The molecule has 1 heterocycles. The highest BCUT2D eigenvalue weighted by Gasteiger charge is 2.30. The highest BCUT2D eigenvalue weighted by Crippen LogP contribution is 2.29. The van der Waals surface area contributed by atoms with Gasteiger partial charge in [0, 0.05) is 46.4 Å². The molecule has 10 heteroatoms. The van der Waals surface area contributed by atoms with Crippen LogP contribution in [0.4, 0.5) is 18.9 Å². The largest absolute Gasteiger partial charge is 0.416 e. The third-order valence-corrected chi connectivity index (χ3v) is 5.58. The van der Waals surface area contributed by atoms with Crippen molar-refractivity contribution in [3.8, 4) is 0 Å². The minimum Gasteiger partial charge on any atom is -0.340 e. The lowest BCUT2D eigenvalue weighted by Crippen LogP contribution is -2.18. The van der Waals surface area contributed by atoms with Crippen molar-refractivity contribution in [1.82, 2.24) is 9.99 Å². The van der Waals surface area contributed by atoms with Gasteiger partial charge in [0.05, 0.1) is 16.7 Å². The zero-order chi connectivity index (χ0) is 25.2. The summed E-state index contributed by atoms with van der Waals surface area (Å²) >= 11 is 0. The molecule has 4 aromatic rings. The van der Waals surface area contributed by atoms with Gasteiger partial charge < -0.3 is 4.57 Å².